The van der Waals surface area contributed by atoms with E-state index in [2.05, 4.69) is 12.2 Å². The first kappa shape index (κ1) is 23.6. The van der Waals surface area contributed by atoms with Crippen molar-refractivity contribution in [2.24, 2.45) is 5.92 Å². The number of unbranched alkanes of at least 4 members (excludes halogenated alkanes) is 2. The van der Waals surface area contributed by atoms with Crippen LogP contribution in [0.1, 0.15) is 48.7 Å². The number of carbonyl (C=O) groups is 2. The second-order valence-electron chi connectivity index (χ2n) is 7.70. The summed E-state index contributed by atoms with van der Waals surface area (Å²) in [5, 5.41) is 4.67. The fourth-order valence-corrected chi connectivity index (χ4v) is 7.74. The first-order valence-corrected chi connectivity index (χ1v) is 14.1. The van der Waals surface area contributed by atoms with Crippen LogP contribution >= 0.6 is 23.1 Å². The highest BCUT2D eigenvalue weighted by Crippen LogP contribution is 2.29. The fourth-order valence-electron chi connectivity index (χ4n) is 3.80. The van der Waals surface area contributed by atoms with Gasteiger partial charge in [0.1, 0.15) is 9.77 Å². The van der Waals surface area contributed by atoms with E-state index in [1.54, 1.807) is 28.1 Å². The van der Waals surface area contributed by atoms with Gasteiger partial charge in [-0.05, 0) is 30.7 Å². The van der Waals surface area contributed by atoms with Crippen molar-refractivity contribution in [3.05, 3.63) is 16.3 Å². The lowest BCUT2D eigenvalue weighted by molar-refractivity contribution is -0.126. The summed E-state index contributed by atoms with van der Waals surface area (Å²) in [5.41, 5.74) is 0. The standard InChI is InChI=1S/C20H31N3O4S3/c1-2-3-4-8-21-19(24)16-5-9-22(10-6-16)20(25)18-17(7-13-29-18)30(26,27)23-11-14-28-15-12-23/h7,13,16H,2-6,8-12,14-15H2,1H3,(H,21,24). The molecule has 0 bridgehead atoms. The third kappa shape index (κ3) is 5.57. The zero-order chi connectivity index (χ0) is 21.6. The number of hydrogen-bond donors (Lipinski definition) is 1. The van der Waals surface area contributed by atoms with Crippen LogP contribution < -0.4 is 5.32 Å². The lowest BCUT2D eigenvalue weighted by Gasteiger charge is -2.31. The van der Waals surface area contributed by atoms with E-state index in [9.17, 15) is 18.0 Å². The maximum absolute atomic E-state index is 13.1. The lowest BCUT2D eigenvalue weighted by Crippen LogP contribution is -2.43. The number of piperidine rings is 1. The number of amides is 2. The first-order valence-electron chi connectivity index (χ1n) is 10.7. The minimum atomic E-state index is -3.65. The number of hydrogen-bond acceptors (Lipinski definition) is 6. The van der Waals surface area contributed by atoms with Crippen LogP contribution in [-0.2, 0) is 14.8 Å². The maximum atomic E-state index is 13.1. The predicted molar refractivity (Wildman–Crippen MR) is 122 cm³/mol. The molecule has 1 N–H and O–H groups in total. The molecule has 2 amide bonds. The van der Waals surface area contributed by atoms with E-state index in [0.717, 1.165) is 30.8 Å². The molecule has 10 heteroatoms. The summed E-state index contributed by atoms with van der Waals surface area (Å²) in [6, 6.07) is 1.55. The highest BCUT2D eigenvalue weighted by atomic mass is 32.2. The Kier molecular flexibility index (Phi) is 8.62. The molecule has 1 aromatic rings. The molecule has 30 heavy (non-hydrogen) atoms. The zero-order valence-electron chi connectivity index (χ0n) is 17.5. The Hall–Kier alpha value is -1.10. The van der Waals surface area contributed by atoms with Crippen molar-refractivity contribution in [1.82, 2.24) is 14.5 Å². The van der Waals surface area contributed by atoms with E-state index in [1.807, 2.05) is 0 Å². The number of rotatable bonds is 8. The number of carbonyl (C=O) groups excluding carboxylic acids is 2. The van der Waals surface area contributed by atoms with Gasteiger partial charge in [-0.1, -0.05) is 19.8 Å². The summed E-state index contributed by atoms with van der Waals surface area (Å²) in [5.74, 6) is 1.31. The minimum Gasteiger partial charge on any atom is -0.356 e. The summed E-state index contributed by atoms with van der Waals surface area (Å²) in [6.07, 6.45) is 4.44. The van der Waals surface area contributed by atoms with E-state index in [0.29, 0.717) is 45.6 Å². The molecule has 3 rings (SSSR count). The van der Waals surface area contributed by atoms with Crippen LogP contribution in [0.25, 0.3) is 0 Å². The van der Waals surface area contributed by atoms with Gasteiger partial charge in [0.25, 0.3) is 5.91 Å². The first-order chi connectivity index (χ1) is 14.4. The van der Waals surface area contributed by atoms with Gasteiger partial charge in [-0.3, -0.25) is 9.59 Å². The van der Waals surface area contributed by atoms with Crippen LogP contribution in [-0.4, -0.2) is 73.7 Å². The highest BCUT2D eigenvalue weighted by molar-refractivity contribution is 7.99. The maximum Gasteiger partial charge on any atom is 0.265 e. The molecule has 2 aliphatic heterocycles. The number of thioether (sulfide) groups is 1. The Morgan fingerprint density at radius 3 is 2.50 bits per heavy atom. The predicted octanol–water partition coefficient (Wildman–Crippen LogP) is 2.64. The Morgan fingerprint density at radius 1 is 1.13 bits per heavy atom. The normalized spacial score (nSPS) is 19.0. The molecule has 2 saturated heterocycles. The quantitative estimate of drug-likeness (QED) is 0.587. The molecule has 0 spiro atoms. The summed E-state index contributed by atoms with van der Waals surface area (Å²) in [6.45, 7) is 4.75. The molecule has 0 saturated carbocycles. The van der Waals surface area contributed by atoms with E-state index in [-0.39, 0.29) is 27.5 Å². The lowest BCUT2D eigenvalue weighted by atomic mass is 9.95. The average Bonchev–Trinajstić information content (AvgIpc) is 3.28. The molecular weight excluding hydrogens is 442 g/mol. The van der Waals surface area contributed by atoms with Gasteiger partial charge in [-0.2, -0.15) is 16.1 Å². The van der Waals surface area contributed by atoms with Crippen molar-refractivity contribution in [3.8, 4) is 0 Å². The zero-order valence-corrected chi connectivity index (χ0v) is 19.9. The van der Waals surface area contributed by atoms with Crippen molar-refractivity contribution >= 4 is 44.9 Å². The van der Waals surface area contributed by atoms with Crippen LogP contribution in [0.15, 0.2) is 16.3 Å². The molecule has 3 heterocycles. The molecular formula is C20H31N3O4S3. The SMILES string of the molecule is CCCCCNC(=O)C1CCN(C(=O)c2sccc2S(=O)(=O)N2CCSCC2)CC1. The van der Waals surface area contributed by atoms with Crippen molar-refractivity contribution in [3.63, 3.8) is 0 Å². The number of sulfonamides is 1. The van der Waals surface area contributed by atoms with E-state index >= 15 is 0 Å². The van der Waals surface area contributed by atoms with Crippen LogP contribution in [0.2, 0.25) is 0 Å². The molecule has 7 nitrogen and oxygen atoms in total. The Balaban J connectivity index is 1.59. The van der Waals surface area contributed by atoms with Gasteiger partial charge < -0.3 is 10.2 Å². The van der Waals surface area contributed by atoms with Crippen molar-refractivity contribution in [2.75, 3.05) is 44.2 Å². The van der Waals surface area contributed by atoms with Gasteiger partial charge in [0.2, 0.25) is 15.9 Å². The van der Waals surface area contributed by atoms with Crippen molar-refractivity contribution in [1.29, 1.82) is 0 Å². The van der Waals surface area contributed by atoms with Crippen molar-refractivity contribution in [2.45, 2.75) is 43.9 Å². The summed E-state index contributed by atoms with van der Waals surface area (Å²) in [4.78, 5) is 27.5. The van der Waals surface area contributed by atoms with E-state index in [4.69, 9.17) is 0 Å². The minimum absolute atomic E-state index is 0.0700. The van der Waals surface area contributed by atoms with E-state index < -0.39 is 10.0 Å². The number of likely N-dealkylation sites (tertiary alicyclic amines) is 1. The van der Waals surface area contributed by atoms with Crippen molar-refractivity contribution < 1.29 is 18.0 Å². The summed E-state index contributed by atoms with van der Waals surface area (Å²) >= 11 is 2.93. The molecule has 2 aliphatic rings. The molecule has 1 aromatic heterocycles. The van der Waals surface area contributed by atoms with Gasteiger partial charge in [-0.25, -0.2) is 8.42 Å². The van der Waals surface area contributed by atoms with Gasteiger partial charge >= 0.3 is 0 Å². The smallest absolute Gasteiger partial charge is 0.265 e. The third-order valence-electron chi connectivity index (χ3n) is 5.64. The monoisotopic (exact) mass is 473 g/mol. The molecule has 0 aromatic carbocycles. The summed E-state index contributed by atoms with van der Waals surface area (Å²) in [7, 11) is -3.65. The van der Waals surface area contributed by atoms with Crippen LogP contribution in [0, 0.1) is 5.92 Å². The van der Waals surface area contributed by atoms with Gasteiger partial charge in [0.15, 0.2) is 0 Å². The fraction of sp³-hybridized carbons (Fsp3) is 0.700. The van der Waals surface area contributed by atoms with Gasteiger partial charge in [-0.15, -0.1) is 11.3 Å². The molecule has 0 atom stereocenters. The molecule has 0 aliphatic carbocycles. The molecule has 168 valence electrons. The second-order valence-corrected chi connectivity index (χ2v) is 11.7. The number of nitrogens with zero attached hydrogens (tertiary/aromatic N) is 2. The average molecular weight is 474 g/mol. The largest absolute Gasteiger partial charge is 0.356 e. The van der Waals surface area contributed by atoms with Crippen LogP contribution in [0.3, 0.4) is 0 Å². The molecule has 0 radical (unpaired) electrons. The number of nitrogens with one attached hydrogen (secondary N) is 1. The molecule has 2 fully saturated rings. The Bertz CT molecular complexity index is 826. The second kappa shape index (κ2) is 11.0. The van der Waals surface area contributed by atoms with Crippen LogP contribution in [0.4, 0.5) is 0 Å². The Morgan fingerprint density at radius 2 is 1.83 bits per heavy atom. The molecule has 0 unspecified atom stereocenters. The van der Waals surface area contributed by atoms with E-state index in [1.165, 1.54) is 15.6 Å². The third-order valence-corrected chi connectivity index (χ3v) is 9.56. The Labute approximate surface area is 187 Å². The summed E-state index contributed by atoms with van der Waals surface area (Å²) < 4.78 is 27.6. The van der Waals surface area contributed by atoms with Gasteiger partial charge in [0.05, 0.1) is 0 Å². The van der Waals surface area contributed by atoms with Gasteiger partial charge in [0, 0.05) is 50.1 Å². The van der Waals surface area contributed by atoms with Crippen LogP contribution in [0.5, 0.6) is 0 Å². The highest BCUT2D eigenvalue weighted by Gasteiger charge is 2.34. The number of thiophene rings is 1. The topological polar surface area (TPSA) is 86.8 Å².